The van der Waals surface area contributed by atoms with E-state index in [0.29, 0.717) is 11.4 Å². The molecule has 0 fully saturated rings. The molecule has 144 valence electrons. The van der Waals surface area contributed by atoms with E-state index in [1.165, 1.54) is 0 Å². The predicted octanol–water partition coefficient (Wildman–Crippen LogP) is 5.46. The predicted molar refractivity (Wildman–Crippen MR) is 111 cm³/mol. The van der Waals surface area contributed by atoms with Crippen molar-refractivity contribution < 1.29 is 4.42 Å². The van der Waals surface area contributed by atoms with Gasteiger partial charge in [0.15, 0.2) is 5.82 Å². The molecule has 4 aromatic rings. The Balaban J connectivity index is 1.69. The van der Waals surface area contributed by atoms with Crippen LogP contribution in [0, 0.1) is 11.3 Å². The van der Waals surface area contributed by atoms with E-state index in [9.17, 15) is 5.26 Å². The normalized spacial score (nSPS) is 11.9. The molecule has 0 bridgehead atoms. The van der Waals surface area contributed by atoms with E-state index >= 15 is 0 Å². The van der Waals surface area contributed by atoms with Crippen molar-refractivity contribution in [1.82, 2.24) is 15.2 Å². The Morgan fingerprint density at radius 1 is 1.07 bits per heavy atom. The van der Waals surface area contributed by atoms with Crippen molar-refractivity contribution >= 4 is 0 Å². The Morgan fingerprint density at radius 2 is 1.90 bits per heavy atom. The Bertz CT molecular complexity index is 1100. The van der Waals surface area contributed by atoms with Gasteiger partial charge in [-0.25, -0.2) is 4.98 Å². The van der Waals surface area contributed by atoms with Gasteiger partial charge in [-0.05, 0) is 41.3 Å². The number of nitriles is 1. The van der Waals surface area contributed by atoms with Crippen LogP contribution in [0.5, 0.6) is 0 Å². The number of aryl methyl sites for hydroxylation is 1. The number of unbranched alkanes of at least 4 members (excludes halogenated alkanes) is 1. The highest BCUT2D eigenvalue weighted by molar-refractivity contribution is 5.70. The highest BCUT2D eigenvalue weighted by atomic mass is 16.3. The summed E-state index contributed by atoms with van der Waals surface area (Å²) in [4.78, 5) is 4.72. The van der Waals surface area contributed by atoms with Crippen LogP contribution in [0.15, 0.2) is 71.3 Å². The van der Waals surface area contributed by atoms with Crippen molar-refractivity contribution in [1.29, 1.82) is 5.26 Å². The molecule has 0 saturated carbocycles. The molecule has 1 N–H and O–H groups in total. The number of aromatic nitrogens is 3. The van der Waals surface area contributed by atoms with Gasteiger partial charge in [0.05, 0.1) is 17.9 Å². The molecule has 0 spiro atoms. The zero-order valence-electron chi connectivity index (χ0n) is 16.3. The Kier molecular flexibility index (Phi) is 5.53. The second-order valence-electron chi connectivity index (χ2n) is 6.97. The average molecular weight is 382 g/mol. The summed E-state index contributed by atoms with van der Waals surface area (Å²) in [5.41, 5.74) is 3.63. The van der Waals surface area contributed by atoms with E-state index in [1.54, 1.807) is 6.26 Å². The average Bonchev–Trinajstić information content (AvgIpc) is 3.46. The molecule has 2 aromatic heterocycles. The van der Waals surface area contributed by atoms with Crippen molar-refractivity contribution in [3.8, 4) is 17.2 Å². The number of nitrogens with one attached hydrogen (secondary N) is 1. The molecule has 0 aliphatic carbocycles. The highest BCUT2D eigenvalue weighted by Gasteiger charge is 2.24. The first-order valence-electron chi connectivity index (χ1n) is 9.84. The molecule has 0 aliphatic heterocycles. The molecule has 4 rings (SSSR count). The van der Waals surface area contributed by atoms with Crippen LogP contribution in [0.25, 0.3) is 11.1 Å². The number of rotatable bonds is 7. The van der Waals surface area contributed by atoms with Gasteiger partial charge in [0.25, 0.3) is 0 Å². The third-order valence-electron chi connectivity index (χ3n) is 5.00. The summed E-state index contributed by atoms with van der Waals surface area (Å²) in [6.45, 7) is 2.16. The van der Waals surface area contributed by atoms with E-state index in [0.717, 1.165) is 47.5 Å². The lowest BCUT2D eigenvalue weighted by Crippen LogP contribution is -2.05. The number of H-pyrrole nitrogens is 1. The third kappa shape index (κ3) is 3.97. The summed E-state index contributed by atoms with van der Waals surface area (Å²) in [5, 5.41) is 16.9. The number of hydrogen-bond acceptors (Lipinski definition) is 4. The monoisotopic (exact) mass is 382 g/mol. The standard InChI is InChI=1S/C24H22N4O/c1-2-3-10-22-26-24(28-27-22)23(21-9-6-15-29-21)18-13-11-17(12-14-18)20-8-5-4-7-19(20)16-25/h4-9,11-15,23H,2-3,10H2,1H3,(H,26,27,28). The van der Waals surface area contributed by atoms with E-state index in [1.807, 2.05) is 48.5 Å². The van der Waals surface area contributed by atoms with Gasteiger partial charge in [0.2, 0.25) is 0 Å². The summed E-state index contributed by atoms with van der Waals surface area (Å²) >= 11 is 0. The fourth-order valence-corrected chi connectivity index (χ4v) is 3.48. The van der Waals surface area contributed by atoms with Crippen molar-refractivity contribution in [2.24, 2.45) is 0 Å². The molecule has 0 saturated heterocycles. The Morgan fingerprint density at radius 3 is 2.62 bits per heavy atom. The number of furan rings is 1. The van der Waals surface area contributed by atoms with Crippen LogP contribution in [0.2, 0.25) is 0 Å². The van der Waals surface area contributed by atoms with Gasteiger partial charge in [-0.2, -0.15) is 10.4 Å². The zero-order chi connectivity index (χ0) is 20.1. The molecule has 1 unspecified atom stereocenters. The number of hydrogen-bond donors (Lipinski definition) is 1. The molecule has 0 amide bonds. The van der Waals surface area contributed by atoms with Gasteiger partial charge in [0, 0.05) is 6.42 Å². The Labute approximate surface area is 170 Å². The Hall–Kier alpha value is -3.65. The summed E-state index contributed by atoms with van der Waals surface area (Å²) in [6, 6.07) is 21.9. The minimum Gasteiger partial charge on any atom is -0.468 e. The van der Waals surface area contributed by atoms with Crippen LogP contribution in [-0.4, -0.2) is 15.2 Å². The van der Waals surface area contributed by atoms with Crippen molar-refractivity contribution in [3.63, 3.8) is 0 Å². The fourth-order valence-electron chi connectivity index (χ4n) is 3.48. The van der Waals surface area contributed by atoms with Gasteiger partial charge < -0.3 is 4.42 Å². The van der Waals surface area contributed by atoms with Crippen LogP contribution >= 0.6 is 0 Å². The van der Waals surface area contributed by atoms with Crippen LogP contribution < -0.4 is 0 Å². The number of aromatic amines is 1. The van der Waals surface area contributed by atoms with Crippen molar-refractivity contribution in [3.05, 3.63) is 95.5 Å². The summed E-state index contributed by atoms with van der Waals surface area (Å²) in [7, 11) is 0. The fraction of sp³-hybridized carbons (Fsp3) is 0.208. The van der Waals surface area contributed by atoms with Crippen LogP contribution in [0.4, 0.5) is 0 Å². The highest BCUT2D eigenvalue weighted by Crippen LogP contribution is 2.32. The number of benzene rings is 2. The second kappa shape index (κ2) is 8.57. The maximum atomic E-state index is 9.38. The van der Waals surface area contributed by atoms with Gasteiger partial charge in [0.1, 0.15) is 17.5 Å². The first-order chi connectivity index (χ1) is 14.3. The molecule has 29 heavy (non-hydrogen) atoms. The molecular formula is C24H22N4O. The summed E-state index contributed by atoms with van der Waals surface area (Å²) in [5.74, 6) is 2.22. The molecular weight excluding hydrogens is 360 g/mol. The molecule has 0 aliphatic rings. The molecule has 0 radical (unpaired) electrons. The van der Waals surface area contributed by atoms with Crippen LogP contribution in [0.1, 0.15) is 54.2 Å². The number of nitrogens with zero attached hydrogens (tertiary/aromatic N) is 3. The minimum absolute atomic E-state index is 0.183. The van der Waals surface area contributed by atoms with Gasteiger partial charge >= 0.3 is 0 Å². The largest absolute Gasteiger partial charge is 0.468 e. The lowest BCUT2D eigenvalue weighted by molar-refractivity contribution is 0.498. The molecule has 5 nitrogen and oxygen atoms in total. The lowest BCUT2D eigenvalue weighted by Gasteiger charge is -2.13. The first-order valence-corrected chi connectivity index (χ1v) is 9.84. The topological polar surface area (TPSA) is 78.5 Å². The minimum atomic E-state index is -0.183. The zero-order valence-corrected chi connectivity index (χ0v) is 16.3. The molecule has 2 aromatic carbocycles. The van der Waals surface area contributed by atoms with Crippen molar-refractivity contribution in [2.45, 2.75) is 32.1 Å². The van der Waals surface area contributed by atoms with E-state index < -0.39 is 0 Å². The molecule has 1 atom stereocenters. The van der Waals surface area contributed by atoms with E-state index in [2.05, 4.69) is 35.3 Å². The summed E-state index contributed by atoms with van der Waals surface area (Å²) in [6.07, 6.45) is 4.75. The van der Waals surface area contributed by atoms with Gasteiger partial charge in [-0.1, -0.05) is 55.8 Å². The SMILES string of the molecule is CCCCc1nc(C(c2ccc(-c3ccccc3C#N)cc2)c2ccco2)n[nH]1. The van der Waals surface area contributed by atoms with Crippen LogP contribution in [0.3, 0.4) is 0 Å². The van der Waals surface area contributed by atoms with E-state index in [-0.39, 0.29) is 5.92 Å². The van der Waals surface area contributed by atoms with Crippen LogP contribution in [-0.2, 0) is 6.42 Å². The molecule has 2 heterocycles. The molecule has 5 heteroatoms. The van der Waals surface area contributed by atoms with Crippen molar-refractivity contribution in [2.75, 3.05) is 0 Å². The van der Waals surface area contributed by atoms with Gasteiger partial charge in [-0.3, -0.25) is 5.10 Å². The lowest BCUT2D eigenvalue weighted by atomic mass is 9.92. The third-order valence-corrected chi connectivity index (χ3v) is 5.00. The smallest absolute Gasteiger partial charge is 0.165 e. The van der Waals surface area contributed by atoms with E-state index in [4.69, 9.17) is 9.40 Å². The maximum absolute atomic E-state index is 9.38. The summed E-state index contributed by atoms with van der Waals surface area (Å²) < 4.78 is 5.71. The van der Waals surface area contributed by atoms with Gasteiger partial charge in [-0.15, -0.1) is 0 Å². The second-order valence-corrected chi connectivity index (χ2v) is 6.97. The maximum Gasteiger partial charge on any atom is 0.165 e. The first kappa shape index (κ1) is 18.7. The quantitative estimate of drug-likeness (QED) is 0.460.